The average molecular weight is 336 g/mol. The van der Waals surface area contributed by atoms with Gasteiger partial charge in [0.05, 0.1) is 23.5 Å². The summed E-state index contributed by atoms with van der Waals surface area (Å²) in [5.41, 5.74) is 2.13. The van der Waals surface area contributed by atoms with Gasteiger partial charge in [0.2, 0.25) is 0 Å². The molecule has 5 heteroatoms. The number of ether oxygens (including phenoxy) is 1. The summed E-state index contributed by atoms with van der Waals surface area (Å²) in [6.07, 6.45) is 3.40. The highest BCUT2D eigenvalue weighted by Gasteiger charge is 2.46. The second kappa shape index (κ2) is 6.43. The molecule has 2 aliphatic heterocycles. The number of hydrogen-bond acceptors (Lipinski definition) is 5. The lowest BCUT2D eigenvalue weighted by atomic mass is 9.76. The van der Waals surface area contributed by atoms with Crippen molar-refractivity contribution in [2.45, 2.75) is 84.7 Å². The number of rotatable bonds is 2. The number of likely N-dealkylation sites (tertiary alicyclic amines) is 1. The zero-order chi connectivity index (χ0) is 17.5. The first kappa shape index (κ1) is 17.9. The molecule has 2 aliphatic rings. The Morgan fingerprint density at radius 3 is 2.46 bits per heavy atom. The quantitative estimate of drug-likeness (QED) is 0.898. The maximum Gasteiger partial charge on any atom is 0.138 e. The molecule has 0 aliphatic carbocycles. The molecule has 0 aromatic carbocycles. The third-order valence-electron chi connectivity index (χ3n) is 5.78. The van der Waals surface area contributed by atoms with E-state index in [-0.39, 0.29) is 23.2 Å². The lowest BCUT2D eigenvalue weighted by Gasteiger charge is -2.50. The summed E-state index contributed by atoms with van der Waals surface area (Å²) in [4.78, 5) is 2.45. The zero-order valence-corrected chi connectivity index (χ0v) is 15.8. The van der Waals surface area contributed by atoms with Crippen molar-refractivity contribution in [1.29, 1.82) is 0 Å². The number of aliphatic hydroxyl groups is 1. The summed E-state index contributed by atoms with van der Waals surface area (Å²) in [5.74, 6) is 0.921. The summed E-state index contributed by atoms with van der Waals surface area (Å²) in [7, 11) is 0. The van der Waals surface area contributed by atoms with E-state index < -0.39 is 0 Å². The van der Waals surface area contributed by atoms with Gasteiger partial charge in [0, 0.05) is 38.0 Å². The van der Waals surface area contributed by atoms with E-state index in [1.807, 2.05) is 13.8 Å². The van der Waals surface area contributed by atoms with Crippen molar-refractivity contribution in [3.8, 4) is 0 Å². The van der Waals surface area contributed by atoms with Gasteiger partial charge in [-0.05, 0) is 32.1 Å². The van der Waals surface area contributed by atoms with E-state index in [1.54, 1.807) is 0 Å². The van der Waals surface area contributed by atoms with E-state index in [9.17, 15) is 5.11 Å². The van der Waals surface area contributed by atoms with Crippen LogP contribution in [-0.4, -0.2) is 46.1 Å². The Balaban J connectivity index is 1.63. The molecule has 1 aromatic rings. The van der Waals surface area contributed by atoms with Gasteiger partial charge in [-0.3, -0.25) is 4.90 Å². The number of aryl methyl sites for hydroxylation is 2. The lowest BCUT2D eigenvalue weighted by Crippen LogP contribution is -2.55. The van der Waals surface area contributed by atoms with Gasteiger partial charge >= 0.3 is 0 Å². The van der Waals surface area contributed by atoms with Gasteiger partial charge in [-0.25, -0.2) is 0 Å². The molecule has 2 fully saturated rings. The number of aliphatic hydroxyl groups excluding tert-OH is 1. The molecule has 3 rings (SSSR count). The van der Waals surface area contributed by atoms with E-state index in [0.717, 1.165) is 56.8 Å². The van der Waals surface area contributed by atoms with Gasteiger partial charge in [0.25, 0.3) is 0 Å². The van der Waals surface area contributed by atoms with Crippen molar-refractivity contribution < 1.29 is 14.4 Å². The third-order valence-corrected chi connectivity index (χ3v) is 5.78. The number of hydrogen-bond donors (Lipinski definition) is 1. The van der Waals surface area contributed by atoms with Crippen molar-refractivity contribution in [3.05, 3.63) is 17.0 Å². The highest BCUT2D eigenvalue weighted by molar-refractivity contribution is 5.20. The molecular weight excluding hydrogens is 304 g/mol. The summed E-state index contributed by atoms with van der Waals surface area (Å²) in [5, 5.41) is 14.4. The highest BCUT2D eigenvalue weighted by atomic mass is 16.5. The fourth-order valence-electron chi connectivity index (χ4n) is 4.08. The second-order valence-electron chi connectivity index (χ2n) is 8.83. The van der Waals surface area contributed by atoms with Crippen LogP contribution in [0.4, 0.5) is 0 Å². The maximum atomic E-state index is 10.4. The fraction of sp³-hybridized carbons (Fsp3) is 0.842. The maximum absolute atomic E-state index is 10.4. The monoisotopic (exact) mass is 336 g/mol. The van der Waals surface area contributed by atoms with Crippen LogP contribution in [0.2, 0.25) is 0 Å². The van der Waals surface area contributed by atoms with Gasteiger partial charge < -0.3 is 14.4 Å². The lowest BCUT2D eigenvalue weighted by molar-refractivity contribution is -0.208. The molecular formula is C19H32N2O3. The minimum atomic E-state index is -0.239. The van der Waals surface area contributed by atoms with E-state index in [2.05, 4.69) is 30.8 Å². The van der Waals surface area contributed by atoms with Gasteiger partial charge in [-0.1, -0.05) is 25.9 Å². The molecule has 2 saturated heterocycles. The summed E-state index contributed by atoms with van der Waals surface area (Å²) in [6, 6.07) is 0. The summed E-state index contributed by atoms with van der Waals surface area (Å²) in [6.45, 7) is 13.5. The molecule has 1 aromatic heterocycles. The predicted molar refractivity (Wildman–Crippen MR) is 92.8 cm³/mol. The Kier molecular flexibility index (Phi) is 4.80. The van der Waals surface area contributed by atoms with Gasteiger partial charge in [-0.15, -0.1) is 0 Å². The molecule has 136 valence electrons. The minimum absolute atomic E-state index is 0.0716. The molecule has 24 heavy (non-hydrogen) atoms. The van der Waals surface area contributed by atoms with Crippen LogP contribution >= 0.6 is 0 Å². The van der Waals surface area contributed by atoms with Crippen LogP contribution in [0.15, 0.2) is 4.52 Å². The molecule has 1 N–H and O–H groups in total. The van der Waals surface area contributed by atoms with Gasteiger partial charge in [-0.2, -0.15) is 0 Å². The predicted octanol–water partition coefficient (Wildman–Crippen LogP) is 3.21. The van der Waals surface area contributed by atoms with Crippen molar-refractivity contribution in [2.75, 3.05) is 13.1 Å². The van der Waals surface area contributed by atoms with Crippen LogP contribution in [0.3, 0.4) is 0 Å². The van der Waals surface area contributed by atoms with Crippen molar-refractivity contribution in [3.63, 3.8) is 0 Å². The van der Waals surface area contributed by atoms with Crippen molar-refractivity contribution in [2.24, 2.45) is 5.41 Å². The Hall–Kier alpha value is -0.910. The molecule has 0 bridgehead atoms. The first-order valence-electron chi connectivity index (χ1n) is 9.18. The van der Waals surface area contributed by atoms with E-state index >= 15 is 0 Å². The van der Waals surface area contributed by atoms with Crippen molar-refractivity contribution >= 4 is 0 Å². The topological polar surface area (TPSA) is 58.7 Å². The molecule has 5 nitrogen and oxygen atoms in total. The van der Waals surface area contributed by atoms with E-state index in [4.69, 9.17) is 9.26 Å². The largest absolute Gasteiger partial charge is 0.393 e. The normalized spacial score (nSPS) is 28.4. The van der Waals surface area contributed by atoms with Gasteiger partial charge in [0.1, 0.15) is 5.76 Å². The summed E-state index contributed by atoms with van der Waals surface area (Å²) < 4.78 is 11.8. The Morgan fingerprint density at radius 2 is 1.92 bits per heavy atom. The second-order valence-corrected chi connectivity index (χ2v) is 8.83. The van der Waals surface area contributed by atoms with E-state index in [1.165, 1.54) is 5.56 Å². The first-order chi connectivity index (χ1) is 11.2. The highest BCUT2D eigenvalue weighted by Crippen LogP contribution is 2.42. The van der Waals surface area contributed by atoms with Crippen LogP contribution < -0.4 is 0 Å². The molecule has 0 amide bonds. The Labute approximate surface area is 145 Å². The number of nitrogens with zero attached hydrogens (tertiary/aromatic N) is 2. The first-order valence-corrected chi connectivity index (χ1v) is 9.18. The minimum Gasteiger partial charge on any atom is -0.393 e. The SMILES string of the molecule is Cc1noc(C)c1CN1CCC2(CC1)C[C@H](O)C[C@H](C(C)(C)C)O2. The Bertz CT molecular complexity index is 548. The van der Waals surface area contributed by atoms with Gasteiger partial charge in [0.15, 0.2) is 0 Å². The van der Waals surface area contributed by atoms with Crippen LogP contribution in [0.25, 0.3) is 0 Å². The smallest absolute Gasteiger partial charge is 0.138 e. The molecule has 2 atom stereocenters. The number of aromatic nitrogens is 1. The zero-order valence-electron chi connectivity index (χ0n) is 15.8. The average Bonchev–Trinajstić information content (AvgIpc) is 2.80. The van der Waals surface area contributed by atoms with E-state index in [0.29, 0.717) is 0 Å². The molecule has 0 unspecified atom stereocenters. The van der Waals surface area contributed by atoms with Crippen LogP contribution in [0.5, 0.6) is 0 Å². The third kappa shape index (κ3) is 3.68. The molecule has 0 radical (unpaired) electrons. The van der Waals surface area contributed by atoms with Crippen LogP contribution in [0, 0.1) is 19.3 Å². The molecule has 0 saturated carbocycles. The molecule has 3 heterocycles. The fourth-order valence-corrected chi connectivity index (χ4v) is 4.08. The standard InChI is InChI=1S/C19H32N2O3/c1-13-16(14(2)24-20-13)12-21-8-6-19(7-9-21)11-15(22)10-17(23-19)18(3,4)5/h15,17,22H,6-12H2,1-5H3/t15-,17-/m1/s1. The van der Waals surface area contributed by atoms with Crippen LogP contribution in [0.1, 0.15) is 63.5 Å². The van der Waals surface area contributed by atoms with Crippen molar-refractivity contribution in [1.82, 2.24) is 10.1 Å². The molecule has 1 spiro atoms. The van der Waals surface area contributed by atoms with Crippen LogP contribution in [-0.2, 0) is 11.3 Å². The Morgan fingerprint density at radius 1 is 1.25 bits per heavy atom. The number of piperidine rings is 1. The summed E-state index contributed by atoms with van der Waals surface area (Å²) >= 11 is 0.